The highest BCUT2D eigenvalue weighted by Crippen LogP contribution is 2.25. The standard InChI is InChI=1S/C17H23F2N3O/c1-12(14-5-4-13(18)11-15(14)19)21-7-9-22(10-8-21)17(23)16-3-2-6-20-16/h4-5,11-12,16,20H,2-3,6-10H2,1H3. The van der Waals surface area contributed by atoms with Gasteiger partial charge in [0, 0.05) is 43.9 Å². The van der Waals surface area contributed by atoms with Crippen molar-refractivity contribution in [3.8, 4) is 0 Å². The van der Waals surface area contributed by atoms with Gasteiger partial charge in [-0.3, -0.25) is 9.69 Å². The molecular weight excluding hydrogens is 300 g/mol. The molecule has 1 amide bonds. The van der Waals surface area contributed by atoms with E-state index in [1.165, 1.54) is 12.1 Å². The molecule has 2 heterocycles. The van der Waals surface area contributed by atoms with Crippen LogP contribution >= 0.6 is 0 Å². The zero-order chi connectivity index (χ0) is 16.4. The molecule has 126 valence electrons. The lowest BCUT2D eigenvalue weighted by molar-refractivity contribution is -0.135. The first-order chi connectivity index (χ1) is 11.1. The van der Waals surface area contributed by atoms with Crippen molar-refractivity contribution in [1.29, 1.82) is 0 Å². The molecule has 1 aromatic rings. The van der Waals surface area contributed by atoms with Gasteiger partial charge >= 0.3 is 0 Å². The van der Waals surface area contributed by atoms with Crippen molar-refractivity contribution in [2.75, 3.05) is 32.7 Å². The quantitative estimate of drug-likeness (QED) is 0.923. The molecule has 3 rings (SSSR count). The molecule has 0 aliphatic carbocycles. The van der Waals surface area contributed by atoms with Crippen molar-refractivity contribution < 1.29 is 13.6 Å². The Morgan fingerprint density at radius 1 is 1.26 bits per heavy atom. The summed E-state index contributed by atoms with van der Waals surface area (Å²) in [6, 6.07) is 3.57. The van der Waals surface area contributed by atoms with E-state index in [0.717, 1.165) is 25.5 Å². The first-order valence-electron chi connectivity index (χ1n) is 8.27. The first-order valence-corrected chi connectivity index (χ1v) is 8.27. The normalized spacial score (nSPS) is 24.0. The average Bonchev–Trinajstić information content (AvgIpc) is 3.08. The Bertz CT molecular complexity index is 567. The van der Waals surface area contributed by atoms with Crippen molar-refractivity contribution in [1.82, 2.24) is 15.1 Å². The minimum Gasteiger partial charge on any atom is -0.339 e. The maximum Gasteiger partial charge on any atom is 0.239 e. The number of carbonyl (C=O) groups is 1. The second-order valence-electron chi connectivity index (χ2n) is 6.35. The lowest BCUT2D eigenvalue weighted by Crippen LogP contribution is -2.53. The zero-order valence-corrected chi connectivity index (χ0v) is 13.4. The predicted octanol–water partition coefficient (Wildman–Crippen LogP) is 1.92. The molecule has 4 nitrogen and oxygen atoms in total. The van der Waals surface area contributed by atoms with Crippen molar-refractivity contribution >= 4 is 5.91 Å². The van der Waals surface area contributed by atoms with Crippen LogP contribution in [0, 0.1) is 11.6 Å². The fraction of sp³-hybridized carbons (Fsp3) is 0.588. The highest BCUT2D eigenvalue weighted by Gasteiger charge is 2.30. The van der Waals surface area contributed by atoms with Crippen LogP contribution in [0.4, 0.5) is 8.78 Å². The number of hydrogen-bond donors (Lipinski definition) is 1. The van der Waals surface area contributed by atoms with Gasteiger partial charge in [0.15, 0.2) is 0 Å². The summed E-state index contributed by atoms with van der Waals surface area (Å²) in [6.07, 6.45) is 1.97. The van der Waals surface area contributed by atoms with E-state index in [1.54, 1.807) is 0 Å². The smallest absolute Gasteiger partial charge is 0.239 e. The maximum atomic E-state index is 13.9. The zero-order valence-electron chi connectivity index (χ0n) is 13.4. The number of rotatable bonds is 3. The molecule has 2 aliphatic rings. The highest BCUT2D eigenvalue weighted by molar-refractivity contribution is 5.82. The van der Waals surface area contributed by atoms with E-state index in [-0.39, 0.29) is 18.0 Å². The Morgan fingerprint density at radius 3 is 2.61 bits per heavy atom. The van der Waals surface area contributed by atoms with Gasteiger partial charge in [-0.1, -0.05) is 6.07 Å². The predicted molar refractivity (Wildman–Crippen MR) is 84.0 cm³/mol. The van der Waals surface area contributed by atoms with Gasteiger partial charge in [-0.25, -0.2) is 8.78 Å². The number of hydrogen-bond acceptors (Lipinski definition) is 3. The number of carbonyl (C=O) groups excluding carboxylic acids is 1. The van der Waals surface area contributed by atoms with Crippen LogP contribution in [0.3, 0.4) is 0 Å². The monoisotopic (exact) mass is 323 g/mol. The van der Waals surface area contributed by atoms with Gasteiger partial charge < -0.3 is 10.2 Å². The van der Waals surface area contributed by atoms with Crippen molar-refractivity contribution in [3.63, 3.8) is 0 Å². The molecule has 6 heteroatoms. The Balaban J connectivity index is 1.58. The molecule has 2 aliphatic heterocycles. The van der Waals surface area contributed by atoms with E-state index < -0.39 is 11.6 Å². The molecule has 0 radical (unpaired) electrons. The van der Waals surface area contributed by atoms with Gasteiger partial charge in [0.05, 0.1) is 6.04 Å². The summed E-state index contributed by atoms with van der Waals surface area (Å²) >= 11 is 0. The van der Waals surface area contributed by atoms with Crippen molar-refractivity contribution in [2.24, 2.45) is 0 Å². The molecule has 0 saturated carbocycles. The summed E-state index contributed by atoms with van der Waals surface area (Å²) in [5, 5.41) is 3.24. The Kier molecular flexibility index (Phi) is 4.92. The molecule has 1 aromatic carbocycles. The van der Waals surface area contributed by atoms with Gasteiger partial charge in [0.25, 0.3) is 0 Å². The van der Waals surface area contributed by atoms with E-state index in [2.05, 4.69) is 10.2 Å². The first kappa shape index (κ1) is 16.3. The highest BCUT2D eigenvalue weighted by atomic mass is 19.1. The van der Waals surface area contributed by atoms with Gasteiger partial charge in [-0.15, -0.1) is 0 Å². The third-order valence-electron chi connectivity index (χ3n) is 4.94. The van der Waals surface area contributed by atoms with Crippen LogP contribution in [0.5, 0.6) is 0 Å². The van der Waals surface area contributed by atoms with E-state index in [9.17, 15) is 13.6 Å². The van der Waals surface area contributed by atoms with Crippen LogP contribution in [0.2, 0.25) is 0 Å². The molecule has 0 aromatic heterocycles. The van der Waals surface area contributed by atoms with Crippen LogP contribution in [0.25, 0.3) is 0 Å². The molecule has 2 fully saturated rings. The molecule has 2 atom stereocenters. The van der Waals surface area contributed by atoms with Crippen molar-refractivity contribution in [3.05, 3.63) is 35.4 Å². The van der Waals surface area contributed by atoms with Gasteiger partial charge in [-0.2, -0.15) is 0 Å². The van der Waals surface area contributed by atoms with Crippen LogP contribution in [-0.4, -0.2) is 54.5 Å². The van der Waals surface area contributed by atoms with Crippen LogP contribution in [0.15, 0.2) is 18.2 Å². The second kappa shape index (κ2) is 6.93. The Hall–Kier alpha value is -1.53. The fourth-order valence-corrected chi connectivity index (χ4v) is 3.48. The summed E-state index contributed by atoms with van der Waals surface area (Å²) in [4.78, 5) is 16.4. The number of amides is 1. The summed E-state index contributed by atoms with van der Waals surface area (Å²) in [5.41, 5.74) is 0.503. The molecule has 0 bridgehead atoms. The lowest BCUT2D eigenvalue weighted by Gasteiger charge is -2.39. The number of nitrogens with zero attached hydrogens (tertiary/aromatic N) is 2. The summed E-state index contributed by atoms with van der Waals surface area (Å²) < 4.78 is 27.0. The van der Waals surface area contributed by atoms with Crippen LogP contribution in [0.1, 0.15) is 31.4 Å². The summed E-state index contributed by atoms with van der Waals surface area (Å²) in [6.45, 7) is 5.56. The topological polar surface area (TPSA) is 35.6 Å². The van der Waals surface area contributed by atoms with E-state index in [4.69, 9.17) is 0 Å². The number of halogens is 2. The second-order valence-corrected chi connectivity index (χ2v) is 6.35. The summed E-state index contributed by atoms with van der Waals surface area (Å²) in [7, 11) is 0. The molecule has 0 spiro atoms. The summed E-state index contributed by atoms with van der Waals surface area (Å²) in [5.74, 6) is -0.883. The third kappa shape index (κ3) is 3.53. The minimum absolute atomic E-state index is 0.0338. The molecule has 2 saturated heterocycles. The Labute approximate surface area is 135 Å². The van der Waals surface area contributed by atoms with Crippen LogP contribution < -0.4 is 5.32 Å². The Morgan fingerprint density at radius 2 is 2.00 bits per heavy atom. The molecule has 2 unspecified atom stereocenters. The largest absolute Gasteiger partial charge is 0.339 e. The number of piperazine rings is 1. The van der Waals surface area contributed by atoms with E-state index >= 15 is 0 Å². The lowest BCUT2D eigenvalue weighted by atomic mass is 10.0. The molecular formula is C17H23F2N3O. The molecule has 23 heavy (non-hydrogen) atoms. The third-order valence-corrected chi connectivity index (χ3v) is 4.94. The van der Waals surface area contributed by atoms with E-state index in [0.29, 0.717) is 31.7 Å². The van der Waals surface area contributed by atoms with Gasteiger partial charge in [-0.05, 0) is 32.4 Å². The molecule has 1 N–H and O–H groups in total. The average molecular weight is 323 g/mol. The van der Waals surface area contributed by atoms with Gasteiger partial charge in [0.1, 0.15) is 11.6 Å². The number of benzene rings is 1. The maximum absolute atomic E-state index is 13.9. The fourth-order valence-electron chi connectivity index (χ4n) is 3.48. The van der Waals surface area contributed by atoms with Crippen LogP contribution in [-0.2, 0) is 4.79 Å². The van der Waals surface area contributed by atoms with E-state index in [1.807, 2.05) is 11.8 Å². The minimum atomic E-state index is -0.557. The number of nitrogens with one attached hydrogen (secondary N) is 1. The van der Waals surface area contributed by atoms with Crippen molar-refractivity contribution in [2.45, 2.75) is 31.8 Å². The SMILES string of the molecule is CC(c1ccc(F)cc1F)N1CCN(C(=O)C2CCCN2)CC1. The van der Waals surface area contributed by atoms with Gasteiger partial charge in [0.2, 0.25) is 5.91 Å².